The summed E-state index contributed by atoms with van der Waals surface area (Å²) in [4.78, 5) is 11.6. The number of hydrogen-bond acceptors (Lipinski definition) is 3. The fourth-order valence-corrected chi connectivity index (χ4v) is 26.3. The summed E-state index contributed by atoms with van der Waals surface area (Å²) in [6.45, 7) is 25.6. The lowest BCUT2D eigenvalue weighted by atomic mass is 10.0. The topological polar surface area (TPSA) is 27.7 Å². The van der Waals surface area contributed by atoms with Crippen LogP contribution in [0.3, 0.4) is 0 Å². The minimum atomic E-state index is -0.384. The van der Waals surface area contributed by atoms with Gasteiger partial charge in [0.2, 0.25) is 0 Å². The van der Waals surface area contributed by atoms with Crippen molar-refractivity contribution >= 4 is 85.7 Å². The van der Waals surface area contributed by atoms with Gasteiger partial charge in [0.25, 0.3) is 3.57 Å². The van der Waals surface area contributed by atoms with E-state index >= 15 is 0 Å². The van der Waals surface area contributed by atoms with Crippen LogP contribution in [-0.2, 0) is 32.7 Å². The van der Waals surface area contributed by atoms with E-state index in [1.54, 1.807) is 14.2 Å². The van der Waals surface area contributed by atoms with Crippen molar-refractivity contribution in [1.29, 1.82) is 0 Å². The zero-order chi connectivity index (χ0) is 88.3. The molecule has 0 unspecified atom stereocenters. The van der Waals surface area contributed by atoms with Gasteiger partial charge in [-0.2, -0.15) is 0 Å². The molecule has 0 saturated carbocycles. The Morgan fingerprint density at radius 3 is 0.848 bits per heavy atom. The Morgan fingerprint density at radius 2 is 0.560 bits per heavy atom. The van der Waals surface area contributed by atoms with Crippen LogP contribution in [0, 0.1) is 28.3 Å². The van der Waals surface area contributed by atoms with Crippen LogP contribution in [0.5, 0.6) is 17.2 Å². The second-order valence-electron chi connectivity index (χ2n) is 29.4. The summed E-state index contributed by atoms with van der Waals surface area (Å²) in [5.74, 6) is 4.04. The average Bonchev–Trinajstić information content (AvgIpc) is 0.802. The van der Waals surface area contributed by atoms with Gasteiger partial charge in [-0.25, -0.2) is 0 Å². The van der Waals surface area contributed by atoms with Crippen molar-refractivity contribution in [3.05, 3.63) is 472 Å². The molecule has 0 spiro atoms. The van der Waals surface area contributed by atoms with Crippen molar-refractivity contribution in [2.45, 2.75) is 136 Å². The van der Waals surface area contributed by atoms with Gasteiger partial charge in [0.1, 0.15) is 5.75 Å². The minimum absolute atomic E-state index is 0.0146. The molecule has 15 rings (SSSR count). The van der Waals surface area contributed by atoms with Crippen LogP contribution < -0.4 is 77.8 Å². The lowest BCUT2D eigenvalue weighted by Gasteiger charge is -2.09. The Labute approximate surface area is 800 Å². The van der Waals surface area contributed by atoms with E-state index in [-0.39, 0.29) is 96.3 Å². The minimum Gasteiger partial charge on any atom is -0.494 e. The number of benzene rings is 15. The zero-order valence-corrected chi connectivity index (χ0v) is 83.7. The highest BCUT2D eigenvalue weighted by Crippen LogP contribution is 2.36. The highest BCUT2D eigenvalue weighted by molar-refractivity contribution is 7.97. The fourth-order valence-electron chi connectivity index (χ4n) is 12.7. The number of halogens is 6. The van der Waals surface area contributed by atoms with Crippen LogP contribution in [0.25, 0.3) is 18.2 Å². The van der Waals surface area contributed by atoms with Crippen molar-refractivity contribution in [2.75, 3.05) is 20.8 Å². The van der Waals surface area contributed by atoms with Crippen LogP contribution in [-0.4, -0.2) is 20.8 Å². The van der Waals surface area contributed by atoms with Crippen LogP contribution in [0.1, 0.15) is 118 Å². The first-order valence-corrected chi connectivity index (χ1v) is 53.3. The van der Waals surface area contributed by atoms with E-state index in [2.05, 4.69) is 407 Å². The summed E-state index contributed by atoms with van der Waals surface area (Å²) in [5.41, 5.74) is 7.42. The average molecular weight is 2100 g/mol. The summed E-state index contributed by atoms with van der Waals surface area (Å²) in [5, 5.41) is 2.21. The fraction of sp³-hybridized carbons (Fsp3) is 0.150. The number of hydrogen-bond donors (Lipinski definition) is 0. The van der Waals surface area contributed by atoms with Crippen molar-refractivity contribution in [1.82, 2.24) is 0 Å². The maximum atomic E-state index is 6.02. The molecule has 125 heavy (non-hydrogen) atoms. The van der Waals surface area contributed by atoms with Crippen LogP contribution in [0.15, 0.2) is 446 Å². The number of unbranched alkanes of at least 4 members (excludes halogenated alkanes) is 5. The van der Waals surface area contributed by atoms with Gasteiger partial charge in [0, 0.05) is 15.1 Å². The van der Waals surface area contributed by atoms with Crippen molar-refractivity contribution < 1.29 is 77.8 Å². The molecule has 0 radical (unpaired) electrons. The maximum Gasteiger partial charge on any atom is 0.366 e. The van der Waals surface area contributed by atoms with E-state index in [1.165, 1.54) is 109 Å². The molecule has 0 heterocycles. The Morgan fingerprint density at radius 1 is 0.304 bits per heavy atom. The SMILES string of the molecule is C=Cc1ccc([S+](c2ccc(C=C)cc2)c2ccc(C=C)cc2)cc1.CC(C)c1ccc([I+]c2ccc(C(C)C)cc2)cc1.CCCCCCCCOc1ccc([I+]c2c(OC)cc(C)cc2OC)cc1.Clc1ccc([S+](c2ccc(Cl)cc2)c2ccc(Cl)cc2)cc1.c1ccc([I+]c2ccccc2)cc1.c1ccc([S+](c2ccccc2)c2ccccc2)cc1. The number of methoxy groups -OCH3 is 2. The van der Waals surface area contributed by atoms with Crippen LogP contribution >= 0.6 is 34.8 Å². The maximum absolute atomic E-state index is 6.02. The van der Waals surface area contributed by atoms with Crippen molar-refractivity contribution in [2.24, 2.45) is 0 Å². The highest BCUT2D eigenvalue weighted by atomic mass is 127. The van der Waals surface area contributed by atoms with E-state index in [0.717, 1.165) is 67.6 Å². The van der Waals surface area contributed by atoms with Gasteiger partial charge in [-0.05, 0) is 325 Å². The predicted octanol–water partition coefficient (Wildman–Crippen LogP) is 23.0. The van der Waals surface area contributed by atoms with Gasteiger partial charge in [0.15, 0.2) is 73.4 Å². The monoisotopic (exact) mass is 2100 g/mol. The quantitative estimate of drug-likeness (QED) is 0.0255. The molecule has 0 atom stereocenters. The first-order valence-electron chi connectivity index (χ1n) is 42.0. The molecular weight excluding hydrogens is 1990 g/mol. The third-order valence-corrected chi connectivity index (χ3v) is 35.2. The van der Waals surface area contributed by atoms with Gasteiger partial charge in [-0.1, -0.05) is 255 Å². The van der Waals surface area contributed by atoms with Gasteiger partial charge >= 0.3 is 63.6 Å². The Kier molecular flexibility index (Phi) is 42.6. The molecular formula is C113H112Cl3I3O3S3+6. The number of aryl methyl sites for hydroxylation is 1. The van der Waals surface area contributed by atoms with E-state index in [0.29, 0.717) is 11.8 Å². The first kappa shape index (κ1) is 98.2. The van der Waals surface area contributed by atoms with Gasteiger partial charge in [0.05, 0.1) is 53.5 Å². The predicted molar refractivity (Wildman–Crippen MR) is 525 cm³/mol. The van der Waals surface area contributed by atoms with Gasteiger partial charge < -0.3 is 14.2 Å². The smallest absolute Gasteiger partial charge is 0.366 e. The van der Waals surface area contributed by atoms with Crippen LogP contribution in [0.4, 0.5) is 0 Å². The third kappa shape index (κ3) is 32.7. The lowest BCUT2D eigenvalue weighted by molar-refractivity contribution is -0.598. The second-order valence-corrected chi connectivity index (χ2v) is 45.7. The van der Waals surface area contributed by atoms with E-state index in [9.17, 15) is 0 Å². The zero-order valence-electron chi connectivity index (χ0n) is 72.5. The van der Waals surface area contributed by atoms with Gasteiger partial charge in [-0.15, -0.1) is 0 Å². The second kappa shape index (κ2) is 54.3. The summed E-state index contributed by atoms with van der Waals surface area (Å²) < 4.78 is 25.5. The molecule has 0 aliphatic heterocycles. The van der Waals surface area contributed by atoms with Crippen molar-refractivity contribution in [3.63, 3.8) is 0 Å². The summed E-state index contributed by atoms with van der Waals surface area (Å²) >= 11 is 17.7. The third-order valence-electron chi connectivity index (χ3n) is 19.5. The molecule has 15 aromatic carbocycles. The molecule has 0 aliphatic rings. The largest absolute Gasteiger partial charge is 0.494 e. The molecule has 0 bridgehead atoms. The van der Waals surface area contributed by atoms with Crippen LogP contribution in [0.2, 0.25) is 15.1 Å². The molecule has 0 N–H and O–H groups in total. The van der Waals surface area contributed by atoms with E-state index in [1.807, 2.05) is 54.6 Å². The standard InChI is InChI=1S/C24H21S.C23H32IO3.C18H12Cl3S.C18H22I.C18H15S.C12H10I/c1-4-19-7-13-22(14-8-19)25(23-15-9-20(5-2)10-16-23)24-17-11-21(6-3)12-18-24;1-5-6-7-8-9-10-15-27-20-13-11-19(12-14-20)24-23-21(25-3)16-18(2)17-22(23)26-4;19-13-1-7-16(8-2-13)22(17-9-3-14(20)4-10-17)18-11-5-15(21)6-12-18;1-13(2)15-5-9-17(10-6-15)19-18-11-7-16(8-12-18)14(3)4;1-4-10-16(11-5-1)19(17-12-6-2-7-13-17)18-14-8-3-9-15-18;1-3-7-11(8-4-1)13-12-9-5-2-6-10-12/h4-18H,1-3H2;11-14,16-17H,5-10,15H2,1-4H3;1-12H;5-14H,1-4H3;1-15H;1-10H/q6*+1. The normalized spacial score (nSPS) is 10.7. The summed E-state index contributed by atoms with van der Waals surface area (Å²) in [6.07, 6.45) is 13.3. The molecule has 12 heteroatoms. The van der Waals surface area contributed by atoms with E-state index < -0.39 is 0 Å². The Bertz CT molecular complexity index is 5170. The molecule has 0 saturated heterocycles. The molecule has 15 aromatic rings. The van der Waals surface area contributed by atoms with E-state index in [4.69, 9.17) is 49.0 Å². The molecule has 0 amide bonds. The van der Waals surface area contributed by atoms with Crippen molar-refractivity contribution in [3.8, 4) is 17.2 Å². The van der Waals surface area contributed by atoms with Gasteiger partial charge in [-0.3, -0.25) is 0 Å². The molecule has 636 valence electrons. The molecule has 0 fully saturated rings. The summed E-state index contributed by atoms with van der Waals surface area (Å²) in [6, 6.07) is 134. The first-order chi connectivity index (χ1) is 61.0. The Balaban J connectivity index is 0.000000158. The molecule has 0 aromatic heterocycles. The summed E-state index contributed by atoms with van der Waals surface area (Å²) in [7, 11) is 3.07. The molecule has 0 aliphatic carbocycles. The Hall–Kier alpha value is -8.97. The lowest BCUT2D eigenvalue weighted by Crippen LogP contribution is -3.61. The number of rotatable bonds is 30. The highest BCUT2D eigenvalue weighted by Gasteiger charge is 2.32. The molecule has 3 nitrogen and oxygen atoms in total. The number of ether oxygens (including phenoxy) is 3.